The molecule has 1 aliphatic heterocycles. The third-order valence-electron chi connectivity index (χ3n) is 6.48. The molecule has 0 amide bonds. The molecule has 4 aromatic rings. The van der Waals surface area contributed by atoms with Crippen LogP contribution in [0.25, 0.3) is 10.9 Å². The Morgan fingerprint density at radius 1 is 1.16 bits per heavy atom. The summed E-state index contributed by atoms with van der Waals surface area (Å²) in [6.45, 7) is 2.58. The van der Waals surface area contributed by atoms with Gasteiger partial charge in [0.05, 0.1) is 34.8 Å². The van der Waals surface area contributed by atoms with Gasteiger partial charge in [-0.05, 0) is 61.0 Å². The minimum Gasteiger partial charge on any atom is -0.490 e. The quantitative estimate of drug-likeness (QED) is 0.368. The first-order chi connectivity index (χ1) is 17.7. The van der Waals surface area contributed by atoms with Crippen molar-refractivity contribution in [1.82, 2.24) is 4.57 Å². The molecule has 0 spiro atoms. The summed E-state index contributed by atoms with van der Waals surface area (Å²) in [7, 11) is 1.99. The highest BCUT2D eigenvalue weighted by Crippen LogP contribution is 2.33. The molecule has 190 valence electrons. The van der Waals surface area contributed by atoms with Gasteiger partial charge in [0.25, 0.3) is 5.91 Å². The molecule has 0 bridgehead atoms. The molecule has 0 fully saturated rings. The van der Waals surface area contributed by atoms with Crippen LogP contribution in [-0.2, 0) is 11.2 Å². The highest BCUT2D eigenvalue weighted by atomic mass is 35.5. The highest BCUT2D eigenvalue weighted by Gasteiger charge is 2.25. The van der Waals surface area contributed by atoms with E-state index in [0.717, 1.165) is 11.4 Å². The van der Waals surface area contributed by atoms with Crippen LogP contribution in [0, 0.1) is 12.7 Å². The number of carboxylic acid groups (broad SMARTS) is 1. The average Bonchev–Trinajstić information content (AvgIpc) is 3.12. The number of carboxylic acids is 1. The SMILES string of the molecule is Cc1c(CC(=O)O)c2cc(F)ccc2n1C(=O)c1ccc(OC[C@@H]2CN(C)c3ccccc3O2)cc1Cl. The zero-order valence-corrected chi connectivity index (χ0v) is 21.0. The Kier molecular flexibility index (Phi) is 6.52. The summed E-state index contributed by atoms with van der Waals surface area (Å²) in [5, 5.41) is 9.89. The van der Waals surface area contributed by atoms with Crippen LogP contribution < -0.4 is 14.4 Å². The molecule has 1 aliphatic rings. The van der Waals surface area contributed by atoms with Gasteiger partial charge in [0, 0.05) is 18.1 Å². The van der Waals surface area contributed by atoms with Crippen molar-refractivity contribution in [3.63, 3.8) is 0 Å². The van der Waals surface area contributed by atoms with Crippen LogP contribution in [0.3, 0.4) is 0 Å². The standard InChI is InChI=1S/C28H24ClFN2O5/c1-16-21(13-27(33)34)22-11-17(30)7-10-24(22)32(16)28(35)20-9-8-18(12-23(20)29)36-15-19-14-31(2)25-5-3-4-6-26(25)37-19/h3-12,19H,13-15H2,1-2H3,(H,33,34)/t19-/m0/s1. The molecule has 1 aromatic heterocycles. The molecule has 9 heteroatoms. The van der Waals surface area contributed by atoms with E-state index in [1.165, 1.54) is 22.8 Å². The number of fused-ring (bicyclic) bond motifs is 2. The minimum atomic E-state index is -1.07. The van der Waals surface area contributed by atoms with Crippen molar-refractivity contribution >= 4 is 40.1 Å². The van der Waals surface area contributed by atoms with Crippen molar-refractivity contribution in [2.75, 3.05) is 25.1 Å². The number of carbonyl (C=O) groups excluding carboxylic acids is 1. The van der Waals surface area contributed by atoms with E-state index < -0.39 is 17.7 Å². The first kappa shape index (κ1) is 24.6. The van der Waals surface area contributed by atoms with Gasteiger partial charge in [0.2, 0.25) is 0 Å². The smallest absolute Gasteiger partial charge is 0.307 e. The van der Waals surface area contributed by atoms with Crippen LogP contribution in [0.4, 0.5) is 10.1 Å². The Bertz CT molecular complexity index is 1530. The maximum atomic E-state index is 13.9. The lowest BCUT2D eigenvalue weighted by molar-refractivity contribution is -0.136. The Labute approximate surface area is 217 Å². The van der Waals surface area contributed by atoms with Crippen molar-refractivity contribution < 1.29 is 28.6 Å². The van der Waals surface area contributed by atoms with Crippen LogP contribution in [0.2, 0.25) is 5.02 Å². The van der Waals surface area contributed by atoms with E-state index in [4.69, 9.17) is 21.1 Å². The number of ether oxygens (including phenoxy) is 2. The monoisotopic (exact) mass is 522 g/mol. The van der Waals surface area contributed by atoms with Crippen LogP contribution in [-0.4, -0.2) is 47.9 Å². The molecule has 0 unspecified atom stereocenters. The molecule has 1 N–H and O–H groups in total. The molecule has 0 radical (unpaired) electrons. The zero-order chi connectivity index (χ0) is 26.3. The molecule has 0 saturated heterocycles. The van der Waals surface area contributed by atoms with Gasteiger partial charge in [0.1, 0.15) is 30.0 Å². The van der Waals surface area contributed by atoms with E-state index in [-0.39, 0.29) is 29.7 Å². The summed E-state index contributed by atoms with van der Waals surface area (Å²) in [5.41, 5.74) is 2.44. The number of halogens is 2. The molecule has 2 heterocycles. The second kappa shape index (κ2) is 9.78. The lowest BCUT2D eigenvalue weighted by atomic mass is 10.1. The molecular formula is C28H24ClFN2O5. The third kappa shape index (κ3) is 4.72. The van der Waals surface area contributed by atoms with Crippen molar-refractivity contribution in [2.24, 2.45) is 0 Å². The van der Waals surface area contributed by atoms with Gasteiger partial charge in [-0.3, -0.25) is 14.2 Å². The number of aliphatic carboxylic acids is 1. The first-order valence-corrected chi connectivity index (χ1v) is 12.1. The summed E-state index contributed by atoms with van der Waals surface area (Å²) in [6, 6.07) is 16.5. The van der Waals surface area contributed by atoms with Crippen LogP contribution >= 0.6 is 11.6 Å². The molecule has 1 atom stereocenters. The van der Waals surface area contributed by atoms with Gasteiger partial charge in [-0.2, -0.15) is 0 Å². The Balaban J connectivity index is 1.37. The lowest BCUT2D eigenvalue weighted by Crippen LogP contribution is -2.41. The third-order valence-corrected chi connectivity index (χ3v) is 6.80. The predicted molar refractivity (Wildman–Crippen MR) is 139 cm³/mol. The number of hydrogen-bond acceptors (Lipinski definition) is 5. The van der Waals surface area contributed by atoms with Gasteiger partial charge >= 0.3 is 5.97 Å². The number of rotatable bonds is 6. The average molecular weight is 523 g/mol. The van der Waals surface area contributed by atoms with Gasteiger partial charge in [-0.25, -0.2) is 4.39 Å². The summed E-state index contributed by atoms with van der Waals surface area (Å²) in [6.07, 6.45) is -0.530. The van der Waals surface area contributed by atoms with E-state index in [9.17, 15) is 19.1 Å². The number of aromatic nitrogens is 1. The van der Waals surface area contributed by atoms with E-state index in [2.05, 4.69) is 4.90 Å². The second-order valence-corrected chi connectivity index (χ2v) is 9.38. The van der Waals surface area contributed by atoms with Crippen LogP contribution in [0.1, 0.15) is 21.6 Å². The fourth-order valence-corrected chi connectivity index (χ4v) is 4.99. The second-order valence-electron chi connectivity index (χ2n) is 8.98. The van der Waals surface area contributed by atoms with Crippen molar-refractivity contribution in [3.8, 4) is 11.5 Å². The number of likely N-dealkylation sites (N-methyl/N-ethyl adjacent to an activating group) is 1. The Morgan fingerprint density at radius 2 is 1.95 bits per heavy atom. The van der Waals surface area contributed by atoms with Gasteiger partial charge in [-0.1, -0.05) is 23.7 Å². The molecule has 7 nitrogen and oxygen atoms in total. The number of hydrogen-bond donors (Lipinski definition) is 1. The maximum Gasteiger partial charge on any atom is 0.307 e. The van der Waals surface area contributed by atoms with Crippen molar-refractivity contribution in [2.45, 2.75) is 19.4 Å². The highest BCUT2D eigenvalue weighted by molar-refractivity contribution is 6.34. The van der Waals surface area contributed by atoms with E-state index in [1.807, 2.05) is 31.3 Å². The molecule has 0 saturated carbocycles. The van der Waals surface area contributed by atoms with Crippen LogP contribution in [0.5, 0.6) is 11.5 Å². The van der Waals surface area contributed by atoms with Gasteiger partial charge < -0.3 is 19.5 Å². The molecule has 37 heavy (non-hydrogen) atoms. The maximum absolute atomic E-state index is 13.9. The number of carbonyl (C=O) groups is 2. The molecule has 3 aromatic carbocycles. The number of nitrogens with zero attached hydrogens (tertiary/aromatic N) is 2. The molecule has 5 rings (SSSR count). The normalized spacial score (nSPS) is 14.8. The van der Waals surface area contributed by atoms with E-state index in [0.29, 0.717) is 34.5 Å². The summed E-state index contributed by atoms with van der Waals surface area (Å²) < 4.78 is 27.3. The summed E-state index contributed by atoms with van der Waals surface area (Å²) in [4.78, 5) is 27.0. The Hall–Kier alpha value is -4.04. The van der Waals surface area contributed by atoms with E-state index in [1.54, 1.807) is 25.1 Å². The predicted octanol–water partition coefficient (Wildman–Crippen LogP) is 5.33. The molecular weight excluding hydrogens is 499 g/mol. The fraction of sp³-hybridized carbons (Fsp3) is 0.214. The number of para-hydroxylation sites is 2. The fourth-order valence-electron chi connectivity index (χ4n) is 4.74. The lowest BCUT2D eigenvalue weighted by Gasteiger charge is -2.33. The largest absolute Gasteiger partial charge is 0.490 e. The van der Waals surface area contributed by atoms with E-state index >= 15 is 0 Å². The number of anilines is 1. The minimum absolute atomic E-state index is 0.178. The summed E-state index contributed by atoms with van der Waals surface area (Å²) >= 11 is 6.50. The summed E-state index contributed by atoms with van der Waals surface area (Å²) in [5.74, 6) is -0.763. The molecule has 0 aliphatic carbocycles. The Morgan fingerprint density at radius 3 is 2.70 bits per heavy atom. The number of benzene rings is 3. The van der Waals surface area contributed by atoms with Crippen molar-refractivity contribution in [3.05, 3.63) is 88.3 Å². The first-order valence-electron chi connectivity index (χ1n) is 11.7. The van der Waals surface area contributed by atoms with Gasteiger partial charge in [-0.15, -0.1) is 0 Å². The van der Waals surface area contributed by atoms with Crippen LogP contribution in [0.15, 0.2) is 60.7 Å². The van der Waals surface area contributed by atoms with Crippen molar-refractivity contribution in [1.29, 1.82) is 0 Å². The zero-order valence-electron chi connectivity index (χ0n) is 20.2. The van der Waals surface area contributed by atoms with Gasteiger partial charge in [0.15, 0.2) is 0 Å². The topological polar surface area (TPSA) is 81.0 Å².